The number of nitrogens with one attached hydrogen (secondary N) is 1. The second-order valence-electron chi connectivity index (χ2n) is 4.54. The van der Waals surface area contributed by atoms with Gasteiger partial charge in [0, 0.05) is 22.1 Å². The summed E-state index contributed by atoms with van der Waals surface area (Å²) in [5.74, 6) is 1.20. The van der Waals surface area contributed by atoms with Crippen LogP contribution in [0.15, 0.2) is 23.1 Å². The molecule has 1 N–H and O–H groups in total. The van der Waals surface area contributed by atoms with E-state index in [1.54, 1.807) is 0 Å². The fourth-order valence-electron chi connectivity index (χ4n) is 2.12. The van der Waals surface area contributed by atoms with E-state index in [4.69, 9.17) is 11.6 Å². The highest BCUT2D eigenvalue weighted by atomic mass is 35.5. The first-order chi connectivity index (χ1) is 8.70. The van der Waals surface area contributed by atoms with Crippen LogP contribution in [0.4, 0.5) is 0 Å². The van der Waals surface area contributed by atoms with Gasteiger partial charge in [-0.1, -0.05) is 24.9 Å². The monoisotopic (exact) mass is 283 g/mol. The van der Waals surface area contributed by atoms with Crippen LogP contribution in [-0.4, -0.2) is 11.7 Å². The van der Waals surface area contributed by atoms with Gasteiger partial charge >= 0.3 is 0 Å². The number of hydrogen-bond donors (Lipinski definition) is 1. The Hall–Kier alpha value is -0.670. The minimum atomic E-state index is 0.129. The molecule has 1 heterocycles. The molecule has 0 saturated heterocycles. The molecule has 1 amide bonds. The van der Waals surface area contributed by atoms with Crippen LogP contribution in [0.3, 0.4) is 0 Å². The van der Waals surface area contributed by atoms with Crippen LogP contribution in [0.2, 0.25) is 5.02 Å². The van der Waals surface area contributed by atoms with Crippen LogP contribution >= 0.6 is 23.4 Å². The van der Waals surface area contributed by atoms with E-state index in [1.807, 2.05) is 30.0 Å². The van der Waals surface area contributed by atoms with Crippen LogP contribution in [-0.2, 0) is 4.79 Å². The Morgan fingerprint density at radius 3 is 3.17 bits per heavy atom. The van der Waals surface area contributed by atoms with Crippen molar-refractivity contribution in [3.63, 3.8) is 0 Å². The Morgan fingerprint density at radius 1 is 1.56 bits per heavy atom. The van der Waals surface area contributed by atoms with Crippen molar-refractivity contribution in [2.24, 2.45) is 0 Å². The van der Waals surface area contributed by atoms with Gasteiger partial charge in [0.15, 0.2) is 0 Å². The average molecular weight is 284 g/mol. The summed E-state index contributed by atoms with van der Waals surface area (Å²) >= 11 is 7.88. The molecule has 1 unspecified atom stereocenters. The lowest BCUT2D eigenvalue weighted by atomic mass is 10.0. The van der Waals surface area contributed by atoms with Gasteiger partial charge in [0.2, 0.25) is 5.91 Å². The molecular formula is C14H18ClNOS. The molecule has 4 heteroatoms. The van der Waals surface area contributed by atoms with Crippen molar-refractivity contribution in [2.45, 2.75) is 43.5 Å². The summed E-state index contributed by atoms with van der Waals surface area (Å²) in [6.45, 7) is 2.10. The number of thioether (sulfide) groups is 1. The molecule has 0 aliphatic carbocycles. The van der Waals surface area contributed by atoms with Gasteiger partial charge in [0.05, 0.1) is 6.04 Å². The zero-order valence-corrected chi connectivity index (χ0v) is 12.1. The Labute approximate surface area is 117 Å². The van der Waals surface area contributed by atoms with Crippen LogP contribution < -0.4 is 5.32 Å². The van der Waals surface area contributed by atoms with E-state index in [0.717, 1.165) is 30.0 Å². The second kappa shape index (κ2) is 6.48. The van der Waals surface area contributed by atoms with Gasteiger partial charge < -0.3 is 5.32 Å². The lowest BCUT2D eigenvalue weighted by Crippen LogP contribution is -2.30. The molecule has 0 radical (unpaired) electrons. The van der Waals surface area contributed by atoms with E-state index in [0.29, 0.717) is 6.42 Å². The minimum Gasteiger partial charge on any atom is -0.349 e. The van der Waals surface area contributed by atoms with Crippen molar-refractivity contribution in [1.29, 1.82) is 0 Å². The van der Waals surface area contributed by atoms with Gasteiger partial charge in [-0.3, -0.25) is 4.79 Å². The topological polar surface area (TPSA) is 29.1 Å². The first kappa shape index (κ1) is 13.8. The Morgan fingerprint density at radius 2 is 2.39 bits per heavy atom. The highest BCUT2D eigenvalue weighted by Crippen LogP contribution is 2.37. The van der Waals surface area contributed by atoms with Gasteiger partial charge in [-0.25, -0.2) is 0 Å². The Kier molecular flexibility index (Phi) is 4.95. The standard InChI is InChI=1S/C14H18ClNOS/c1-2-3-4-14(17)16-12-7-8-18-13-6-5-10(15)9-11(12)13/h5-6,9,12H,2-4,7-8H2,1H3,(H,16,17). The zero-order chi connectivity index (χ0) is 13.0. The zero-order valence-electron chi connectivity index (χ0n) is 10.5. The summed E-state index contributed by atoms with van der Waals surface area (Å²) in [5, 5.41) is 3.87. The number of amides is 1. The maximum Gasteiger partial charge on any atom is 0.220 e. The van der Waals surface area contributed by atoms with Gasteiger partial charge in [-0.15, -0.1) is 11.8 Å². The summed E-state index contributed by atoms with van der Waals surface area (Å²) in [6.07, 6.45) is 3.61. The molecule has 98 valence electrons. The second-order valence-corrected chi connectivity index (χ2v) is 6.12. The molecule has 2 rings (SSSR count). The number of carbonyl (C=O) groups excluding carboxylic acids is 1. The third-order valence-electron chi connectivity index (χ3n) is 3.10. The van der Waals surface area contributed by atoms with E-state index in [1.165, 1.54) is 10.5 Å². The number of rotatable bonds is 4. The van der Waals surface area contributed by atoms with Crippen LogP contribution in [0.1, 0.15) is 44.2 Å². The van der Waals surface area contributed by atoms with E-state index in [2.05, 4.69) is 12.2 Å². The van der Waals surface area contributed by atoms with Crippen molar-refractivity contribution in [3.8, 4) is 0 Å². The molecule has 0 saturated carbocycles. The molecule has 18 heavy (non-hydrogen) atoms. The van der Waals surface area contributed by atoms with Gasteiger partial charge in [-0.05, 0) is 36.6 Å². The summed E-state index contributed by atoms with van der Waals surface area (Å²) in [7, 11) is 0. The minimum absolute atomic E-state index is 0.129. The first-order valence-corrected chi connectivity index (χ1v) is 7.78. The van der Waals surface area contributed by atoms with Gasteiger partial charge in [-0.2, -0.15) is 0 Å². The third kappa shape index (κ3) is 3.42. The molecule has 1 aromatic rings. The molecule has 1 aliphatic rings. The molecule has 2 nitrogen and oxygen atoms in total. The number of fused-ring (bicyclic) bond motifs is 1. The summed E-state index contributed by atoms with van der Waals surface area (Å²) in [6, 6.07) is 6.07. The number of hydrogen-bond acceptors (Lipinski definition) is 2. The molecule has 1 atom stereocenters. The van der Waals surface area contributed by atoms with Crippen molar-refractivity contribution in [2.75, 3.05) is 5.75 Å². The summed E-state index contributed by atoms with van der Waals surface area (Å²) < 4.78 is 0. The van der Waals surface area contributed by atoms with Crippen molar-refractivity contribution < 1.29 is 4.79 Å². The molecule has 0 spiro atoms. The van der Waals surface area contributed by atoms with Crippen LogP contribution in [0.5, 0.6) is 0 Å². The van der Waals surface area contributed by atoms with Crippen molar-refractivity contribution in [1.82, 2.24) is 5.32 Å². The fraction of sp³-hybridized carbons (Fsp3) is 0.500. The Bertz CT molecular complexity index is 436. The number of benzene rings is 1. The first-order valence-electron chi connectivity index (χ1n) is 6.42. The lowest BCUT2D eigenvalue weighted by Gasteiger charge is -2.26. The average Bonchev–Trinajstić information content (AvgIpc) is 2.37. The molecule has 1 aromatic carbocycles. The predicted molar refractivity (Wildman–Crippen MR) is 77.2 cm³/mol. The van der Waals surface area contributed by atoms with Crippen LogP contribution in [0.25, 0.3) is 0 Å². The van der Waals surface area contributed by atoms with E-state index < -0.39 is 0 Å². The molecule has 0 fully saturated rings. The van der Waals surface area contributed by atoms with E-state index in [9.17, 15) is 4.79 Å². The number of halogens is 1. The summed E-state index contributed by atoms with van der Waals surface area (Å²) in [5.41, 5.74) is 1.17. The normalized spacial score (nSPS) is 18.2. The SMILES string of the molecule is CCCCC(=O)NC1CCSc2ccc(Cl)cc21. The molecule has 0 aromatic heterocycles. The highest BCUT2D eigenvalue weighted by Gasteiger charge is 2.22. The molecule has 1 aliphatic heterocycles. The lowest BCUT2D eigenvalue weighted by molar-refractivity contribution is -0.122. The highest BCUT2D eigenvalue weighted by molar-refractivity contribution is 7.99. The maximum absolute atomic E-state index is 11.8. The number of carbonyl (C=O) groups is 1. The van der Waals surface area contributed by atoms with Crippen molar-refractivity contribution in [3.05, 3.63) is 28.8 Å². The van der Waals surface area contributed by atoms with Crippen LogP contribution in [0, 0.1) is 0 Å². The number of unbranched alkanes of at least 4 members (excludes halogenated alkanes) is 1. The summed E-state index contributed by atoms with van der Waals surface area (Å²) in [4.78, 5) is 13.1. The van der Waals surface area contributed by atoms with Gasteiger partial charge in [0.1, 0.15) is 0 Å². The maximum atomic E-state index is 11.8. The quantitative estimate of drug-likeness (QED) is 0.898. The molecule has 0 bridgehead atoms. The fourth-order valence-corrected chi connectivity index (χ4v) is 3.41. The van der Waals surface area contributed by atoms with Crippen molar-refractivity contribution >= 4 is 29.3 Å². The Balaban J connectivity index is 2.07. The molecular weight excluding hydrogens is 266 g/mol. The largest absolute Gasteiger partial charge is 0.349 e. The smallest absolute Gasteiger partial charge is 0.220 e. The van der Waals surface area contributed by atoms with E-state index >= 15 is 0 Å². The predicted octanol–water partition coefficient (Wildman–Crippen LogP) is 4.18. The van der Waals surface area contributed by atoms with E-state index in [-0.39, 0.29) is 11.9 Å². The third-order valence-corrected chi connectivity index (χ3v) is 4.46. The van der Waals surface area contributed by atoms with Gasteiger partial charge in [0.25, 0.3) is 0 Å².